The van der Waals surface area contributed by atoms with Crippen LogP contribution in [0.3, 0.4) is 0 Å². The quantitative estimate of drug-likeness (QED) is 0.663. The zero-order chi connectivity index (χ0) is 19.2. The molecule has 0 radical (unpaired) electrons. The Morgan fingerprint density at radius 1 is 1.07 bits per heavy atom. The number of benzene rings is 2. The van der Waals surface area contributed by atoms with E-state index in [1.165, 1.54) is 4.90 Å². The lowest BCUT2D eigenvalue weighted by molar-refractivity contribution is 0.0794. The van der Waals surface area contributed by atoms with Gasteiger partial charge in [0.25, 0.3) is 5.91 Å². The summed E-state index contributed by atoms with van der Waals surface area (Å²) in [5.41, 5.74) is 3.29. The first-order chi connectivity index (χ1) is 13.2. The fourth-order valence-electron chi connectivity index (χ4n) is 3.16. The minimum absolute atomic E-state index is 0.208. The Labute approximate surface area is 169 Å². The van der Waals surface area contributed by atoms with Crippen molar-refractivity contribution in [1.29, 1.82) is 5.26 Å². The molecule has 0 bridgehead atoms. The van der Waals surface area contributed by atoms with Crippen molar-refractivity contribution in [1.82, 2.24) is 4.90 Å². The predicted molar refractivity (Wildman–Crippen MR) is 110 cm³/mol. The van der Waals surface area contributed by atoms with Crippen molar-refractivity contribution in [2.45, 2.75) is 6.04 Å². The fourth-order valence-corrected chi connectivity index (χ4v) is 3.57. The standard InChI is InChI=1S/C21H19Cl2N3O/c22-10-13-25(14-11-23)18-7-5-17(6-8-18)21(27)26-12-9-16-3-1-2-4-19(16)20(26)15-24/h1-9,12,20H,10-11,13-14H2/t20-/m0/s1. The number of nitrogens with zero attached hydrogens (tertiary/aromatic N) is 3. The molecule has 0 saturated heterocycles. The molecule has 27 heavy (non-hydrogen) atoms. The third kappa shape index (κ3) is 4.10. The van der Waals surface area contributed by atoms with Gasteiger partial charge in [-0.2, -0.15) is 5.26 Å². The Balaban J connectivity index is 1.83. The molecule has 0 aromatic heterocycles. The lowest BCUT2D eigenvalue weighted by Gasteiger charge is -2.29. The molecule has 2 aromatic rings. The summed E-state index contributed by atoms with van der Waals surface area (Å²) in [4.78, 5) is 16.5. The lowest BCUT2D eigenvalue weighted by Crippen LogP contribution is -2.32. The summed E-state index contributed by atoms with van der Waals surface area (Å²) in [6, 6.07) is 16.5. The number of halogens is 2. The molecule has 6 heteroatoms. The molecule has 138 valence electrons. The Morgan fingerprint density at radius 2 is 1.74 bits per heavy atom. The largest absolute Gasteiger partial charge is 0.369 e. The Bertz CT molecular complexity index is 868. The first-order valence-electron chi connectivity index (χ1n) is 8.66. The van der Waals surface area contributed by atoms with Crippen LogP contribution in [-0.4, -0.2) is 35.7 Å². The highest BCUT2D eigenvalue weighted by molar-refractivity contribution is 6.18. The van der Waals surface area contributed by atoms with Crippen LogP contribution in [0.15, 0.2) is 54.7 Å². The van der Waals surface area contributed by atoms with Gasteiger partial charge in [-0.25, -0.2) is 0 Å². The van der Waals surface area contributed by atoms with Crippen molar-refractivity contribution in [2.75, 3.05) is 29.7 Å². The van der Waals surface area contributed by atoms with E-state index in [-0.39, 0.29) is 5.91 Å². The maximum atomic E-state index is 13.0. The van der Waals surface area contributed by atoms with Crippen LogP contribution in [0.2, 0.25) is 0 Å². The molecular weight excluding hydrogens is 381 g/mol. The number of hydrogen-bond donors (Lipinski definition) is 0. The van der Waals surface area contributed by atoms with Crippen LogP contribution >= 0.6 is 23.2 Å². The van der Waals surface area contributed by atoms with E-state index in [0.29, 0.717) is 30.4 Å². The van der Waals surface area contributed by atoms with Crippen LogP contribution in [0.25, 0.3) is 6.08 Å². The van der Waals surface area contributed by atoms with Gasteiger partial charge < -0.3 is 4.90 Å². The number of alkyl halides is 2. The van der Waals surface area contributed by atoms with Gasteiger partial charge in [0.15, 0.2) is 0 Å². The van der Waals surface area contributed by atoms with Gasteiger partial charge in [-0.3, -0.25) is 9.69 Å². The maximum absolute atomic E-state index is 13.0. The summed E-state index contributed by atoms with van der Waals surface area (Å²) >= 11 is 11.7. The monoisotopic (exact) mass is 399 g/mol. The lowest BCUT2D eigenvalue weighted by atomic mass is 9.96. The number of anilines is 1. The maximum Gasteiger partial charge on any atom is 0.259 e. The van der Waals surface area contributed by atoms with Gasteiger partial charge in [0.05, 0.1) is 6.07 Å². The van der Waals surface area contributed by atoms with Gasteiger partial charge >= 0.3 is 0 Å². The second-order valence-corrected chi connectivity index (χ2v) is 6.86. The Hall–Kier alpha value is -2.48. The average Bonchev–Trinajstić information content (AvgIpc) is 2.72. The third-order valence-electron chi connectivity index (χ3n) is 4.53. The summed E-state index contributed by atoms with van der Waals surface area (Å²) in [7, 11) is 0. The van der Waals surface area contributed by atoms with Crippen molar-refractivity contribution < 1.29 is 4.79 Å². The topological polar surface area (TPSA) is 47.3 Å². The molecule has 0 spiro atoms. The highest BCUT2D eigenvalue weighted by Crippen LogP contribution is 2.31. The zero-order valence-corrected chi connectivity index (χ0v) is 16.2. The van der Waals surface area contributed by atoms with E-state index in [0.717, 1.165) is 16.8 Å². The first-order valence-corrected chi connectivity index (χ1v) is 9.73. The molecule has 0 fully saturated rings. The van der Waals surface area contributed by atoms with Gasteiger partial charge in [0.1, 0.15) is 6.04 Å². The first kappa shape index (κ1) is 19.3. The highest BCUT2D eigenvalue weighted by Gasteiger charge is 2.28. The average molecular weight is 400 g/mol. The Morgan fingerprint density at radius 3 is 2.37 bits per heavy atom. The molecule has 1 amide bonds. The SMILES string of the molecule is N#C[C@H]1c2ccccc2C=CN1C(=O)c1ccc(N(CCCl)CCCl)cc1. The van der Waals surface area contributed by atoms with Gasteiger partial charge in [0.2, 0.25) is 0 Å². The van der Waals surface area contributed by atoms with E-state index in [2.05, 4.69) is 11.0 Å². The van der Waals surface area contributed by atoms with Gasteiger partial charge in [-0.1, -0.05) is 24.3 Å². The molecular formula is C21H19Cl2N3O. The van der Waals surface area contributed by atoms with Gasteiger partial charge in [-0.05, 0) is 41.5 Å². The van der Waals surface area contributed by atoms with Crippen molar-refractivity contribution in [3.8, 4) is 6.07 Å². The second-order valence-electron chi connectivity index (χ2n) is 6.10. The van der Waals surface area contributed by atoms with E-state index >= 15 is 0 Å². The third-order valence-corrected chi connectivity index (χ3v) is 4.87. The van der Waals surface area contributed by atoms with Crippen LogP contribution in [0.5, 0.6) is 0 Å². The van der Waals surface area contributed by atoms with E-state index < -0.39 is 6.04 Å². The van der Waals surface area contributed by atoms with Crippen molar-refractivity contribution in [3.05, 3.63) is 71.4 Å². The number of amides is 1. The molecule has 1 atom stereocenters. The Kier molecular flexibility index (Phi) is 6.39. The molecule has 4 nitrogen and oxygen atoms in total. The van der Waals surface area contributed by atoms with E-state index in [9.17, 15) is 10.1 Å². The number of fused-ring (bicyclic) bond motifs is 1. The summed E-state index contributed by atoms with van der Waals surface area (Å²) < 4.78 is 0. The van der Waals surface area contributed by atoms with E-state index in [1.54, 1.807) is 18.3 Å². The number of nitriles is 1. The number of carbonyl (C=O) groups excluding carboxylic acids is 1. The number of rotatable bonds is 6. The molecule has 1 aliphatic heterocycles. The summed E-state index contributed by atoms with van der Waals surface area (Å²) in [5, 5.41) is 9.63. The summed E-state index contributed by atoms with van der Waals surface area (Å²) in [5.74, 6) is 0.791. The fraction of sp³-hybridized carbons (Fsp3) is 0.238. The summed E-state index contributed by atoms with van der Waals surface area (Å²) in [6.45, 7) is 1.37. The van der Waals surface area contributed by atoms with Crippen LogP contribution < -0.4 is 4.90 Å². The molecule has 1 aliphatic rings. The highest BCUT2D eigenvalue weighted by atomic mass is 35.5. The zero-order valence-electron chi connectivity index (χ0n) is 14.7. The molecule has 0 N–H and O–H groups in total. The molecule has 0 saturated carbocycles. The van der Waals surface area contributed by atoms with Crippen molar-refractivity contribution in [3.63, 3.8) is 0 Å². The molecule has 3 rings (SSSR count). The molecule has 1 heterocycles. The molecule has 0 unspecified atom stereocenters. The van der Waals surface area contributed by atoms with E-state index in [1.807, 2.05) is 42.5 Å². The van der Waals surface area contributed by atoms with Crippen LogP contribution in [0, 0.1) is 11.3 Å². The van der Waals surface area contributed by atoms with Crippen LogP contribution in [0.4, 0.5) is 5.69 Å². The number of hydrogen-bond acceptors (Lipinski definition) is 3. The molecule has 2 aromatic carbocycles. The minimum atomic E-state index is -0.637. The summed E-state index contributed by atoms with van der Waals surface area (Å²) in [6.07, 6.45) is 3.54. The predicted octanol–water partition coefficient (Wildman–Crippen LogP) is 4.66. The van der Waals surface area contributed by atoms with E-state index in [4.69, 9.17) is 23.2 Å². The van der Waals surface area contributed by atoms with Crippen LogP contribution in [0.1, 0.15) is 27.5 Å². The second kappa shape index (κ2) is 8.94. The smallest absolute Gasteiger partial charge is 0.259 e. The van der Waals surface area contributed by atoms with Gasteiger partial charge in [-0.15, -0.1) is 23.2 Å². The van der Waals surface area contributed by atoms with Crippen molar-refractivity contribution >= 4 is 40.9 Å². The van der Waals surface area contributed by atoms with Gasteiger partial charge in [0, 0.05) is 42.3 Å². The normalized spacial score (nSPS) is 15.1. The van der Waals surface area contributed by atoms with Crippen LogP contribution in [-0.2, 0) is 0 Å². The van der Waals surface area contributed by atoms with Crippen molar-refractivity contribution in [2.24, 2.45) is 0 Å². The minimum Gasteiger partial charge on any atom is -0.369 e. The number of carbonyl (C=O) groups is 1. The molecule has 0 aliphatic carbocycles.